The van der Waals surface area contributed by atoms with E-state index >= 15 is 0 Å². The van der Waals surface area contributed by atoms with E-state index in [0.29, 0.717) is 22.1 Å². The molecule has 1 heterocycles. The molecular weight excluding hydrogens is 376 g/mol. The summed E-state index contributed by atoms with van der Waals surface area (Å²) in [5, 5.41) is 3.21. The van der Waals surface area contributed by atoms with Crippen molar-refractivity contribution in [2.24, 2.45) is 0 Å². The minimum absolute atomic E-state index is 0.122. The Kier molecular flexibility index (Phi) is 4.86. The zero-order valence-electron chi connectivity index (χ0n) is 14.6. The number of halogens is 1. The van der Waals surface area contributed by atoms with E-state index in [1.165, 1.54) is 6.07 Å². The summed E-state index contributed by atoms with van der Waals surface area (Å²) < 4.78 is 31.2. The molecule has 1 aliphatic heterocycles. The van der Waals surface area contributed by atoms with Crippen molar-refractivity contribution in [1.82, 2.24) is 0 Å². The molecule has 6 nitrogen and oxygen atoms in total. The number of nitrogens with one attached hydrogen (secondary N) is 1. The van der Waals surface area contributed by atoms with Gasteiger partial charge in [0.25, 0.3) is 5.91 Å². The summed E-state index contributed by atoms with van der Waals surface area (Å²) in [4.78, 5) is 12.7. The second kappa shape index (κ2) is 6.81. The molecule has 0 saturated carbocycles. The highest BCUT2D eigenvalue weighted by atomic mass is 35.5. The minimum atomic E-state index is -3.60. The van der Waals surface area contributed by atoms with Gasteiger partial charge in [-0.1, -0.05) is 23.7 Å². The maximum atomic E-state index is 12.7. The highest BCUT2D eigenvalue weighted by Crippen LogP contribution is 2.37. The highest BCUT2D eigenvalue weighted by molar-refractivity contribution is 7.92. The summed E-state index contributed by atoms with van der Waals surface area (Å²) in [6.45, 7) is 3.69. The quantitative estimate of drug-likeness (QED) is 0.867. The van der Waals surface area contributed by atoms with Gasteiger partial charge in [0, 0.05) is 10.7 Å². The maximum Gasteiger partial charge on any atom is 0.267 e. The number of sulfonamides is 1. The summed E-state index contributed by atoms with van der Waals surface area (Å²) in [5.41, 5.74) is 2.92. The summed E-state index contributed by atoms with van der Waals surface area (Å²) in [6.07, 6.45) is 0.112. The maximum absolute atomic E-state index is 12.7. The van der Waals surface area contributed by atoms with Crippen LogP contribution >= 0.6 is 11.6 Å². The predicted molar refractivity (Wildman–Crippen MR) is 103 cm³/mol. The van der Waals surface area contributed by atoms with Crippen molar-refractivity contribution in [2.45, 2.75) is 20.0 Å². The van der Waals surface area contributed by atoms with Crippen molar-refractivity contribution >= 4 is 38.9 Å². The molecule has 2 aromatic rings. The molecule has 1 aliphatic rings. The van der Waals surface area contributed by atoms with Gasteiger partial charge in [-0.25, -0.2) is 8.42 Å². The van der Waals surface area contributed by atoms with Crippen LogP contribution in [0.15, 0.2) is 36.4 Å². The van der Waals surface area contributed by atoms with Gasteiger partial charge >= 0.3 is 0 Å². The van der Waals surface area contributed by atoms with Crippen LogP contribution in [0.5, 0.6) is 5.75 Å². The van der Waals surface area contributed by atoms with Gasteiger partial charge in [0.05, 0.1) is 18.5 Å². The van der Waals surface area contributed by atoms with Crippen LogP contribution in [0.4, 0.5) is 11.4 Å². The number of amides is 1. The molecule has 26 heavy (non-hydrogen) atoms. The molecule has 1 unspecified atom stereocenters. The fourth-order valence-corrected chi connectivity index (χ4v) is 3.83. The van der Waals surface area contributed by atoms with E-state index in [1.54, 1.807) is 12.1 Å². The van der Waals surface area contributed by atoms with Crippen LogP contribution in [0.2, 0.25) is 5.02 Å². The standard InChI is InChI=1S/C18H19ClN2O4S/c1-11-4-5-12(2)14(8-11)20-18(22)17-10-21(26(3,23)24)15-9-13(19)6-7-16(15)25-17/h4-9,17H,10H2,1-3H3,(H,20,22). The normalized spacial score (nSPS) is 16.6. The number of carbonyl (C=O) groups excluding carboxylic acids is 1. The largest absolute Gasteiger partial charge is 0.476 e. The molecule has 8 heteroatoms. The zero-order chi connectivity index (χ0) is 19.1. The van der Waals surface area contributed by atoms with Gasteiger partial charge in [0.15, 0.2) is 6.10 Å². The van der Waals surface area contributed by atoms with E-state index in [1.807, 2.05) is 32.0 Å². The molecule has 1 N–H and O–H groups in total. The topological polar surface area (TPSA) is 75.7 Å². The van der Waals surface area contributed by atoms with Crippen LogP contribution < -0.4 is 14.4 Å². The lowest BCUT2D eigenvalue weighted by Gasteiger charge is -2.34. The van der Waals surface area contributed by atoms with Crippen LogP contribution in [0.1, 0.15) is 11.1 Å². The lowest BCUT2D eigenvalue weighted by Crippen LogP contribution is -2.48. The van der Waals surface area contributed by atoms with Gasteiger partial charge in [-0.3, -0.25) is 9.10 Å². The Labute approximate surface area is 157 Å². The van der Waals surface area contributed by atoms with Crippen molar-refractivity contribution in [2.75, 3.05) is 22.4 Å². The summed E-state index contributed by atoms with van der Waals surface area (Å²) >= 11 is 5.97. The lowest BCUT2D eigenvalue weighted by molar-refractivity contribution is -0.122. The van der Waals surface area contributed by atoms with Crippen molar-refractivity contribution < 1.29 is 17.9 Å². The predicted octanol–water partition coefficient (Wildman–Crippen LogP) is 3.12. The van der Waals surface area contributed by atoms with Crippen molar-refractivity contribution in [3.63, 3.8) is 0 Å². The molecule has 0 radical (unpaired) electrons. The molecule has 1 atom stereocenters. The van der Waals surface area contributed by atoms with E-state index in [4.69, 9.17) is 16.3 Å². The third-order valence-electron chi connectivity index (χ3n) is 4.13. The Morgan fingerprint density at radius 1 is 1.23 bits per heavy atom. The zero-order valence-corrected chi connectivity index (χ0v) is 16.2. The first kappa shape index (κ1) is 18.5. The highest BCUT2D eigenvalue weighted by Gasteiger charge is 2.35. The van der Waals surface area contributed by atoms with E-state index in [-0.39, 0.29) is 6.54 Å². The van der Waals surface area contributed by atoms with Crippen molar-refractivity contribution in [1.29, 1.82) is 0 Å². The third-order valence-corrected chi connectivity index (χ3v) is 5.52. The SMILES string of the molecule is Cc1ccc(C)c(NC(=O)C2CN(S(C)(=O)=O)c3cc(Cl)ccc3O2)c1. The summed E-state index contributed by atoms with van der Waals surface area (Å²) in [7, 11) is -3.60. The molecule has 0 bridgehead atoms. The fourth-order valence-electron chi connectivity index (χ4n) is 2.76. The van der Waals surface area contributed by atoms with Gasteiger partial charge in [-0.15, -0.1) is 0 Å². The number of benzene rings is 2. The molecule has 3 rings (SSSR count). The third kappa shape index (κ3) is 3.78. The van der Waals surface area contributed by atoms with Gasteiger partial charge in [0.1, 0.15) is 5.75 Å². The first-order valence-electron chi connectivity index (χ1n) is 7.97. The van der Waals surface area contributed by atoms with Gasteiger partial charge in [0.2, 0.25) is 10.0 Å². The van der Waals surface area contributed by atoms with Crippen LogP contribution in [0.3, 0.4) is 0 Å². The number of anilines is 2. The summed E-state index contributed by atoms with van der Waals surface area (Å²) in [5.74, 6) is -0.111. The molecular formula is C18H19ClN2O4S. The van der Waals surface area contributed by atoms with Crippen LogP contribution in [0, 0.1) is 13.8 Å². The molecule has 0 aliphatic carbocycles. The molecule has 0 spiro atoms. The van der Waals surface area contributed by atoms with Crippen LogP contribution in [-0.4, -0.2) is 33.2 Å². The van der Waals surface area contributed by atoms with Gasteiger partial charge in [-0.2, -0.15) is 0 Å². The van der Waals surface area contributed by atoms with Crippen LogP contribution in [-0.2, 0) is 14.8 Å². The lowest BCUT2D eigenvalue weighted by atomic mass is 10.1. The smallest absolute Gasteiger partial charge is 0.267 e. The van der Waals surface area contributed by atoms with Crippen LogP contribution in [0.25, 0.3) is 0 Å². The molecule has 0 saturated heterocycles. The number of ether oxygens (including phenoxy) is 1. The van der Waals surface area contributed by atoms with E-state index < -0.39 is 22.0 Å². The Morgan fingerprint density at radius 3 is 2.65 bits per heavy atom. The second-order valence-corrected chi connectivity index (χ2v) is 8.66. The number of hydrogen-bond acceptors (Lipinski definition) is 4. The Balaban J connectivity index is 1.91. The molecule has 1 amide bonds. The Hall–Kier alpha value is -2.25. The monoisotopic (exact) mass is 394 g/mol. The number of fused-ring (bicyclic) bond motifs is 1. The van der Waals surface area contributed by atoms with E-state index in [0.717, 1.165) is 21.7 Å². The molecule has 2 aromatic carbocycles. The second-order valence-electron chi connectivity index (χ2n) is 6.32. The number of carbonyl (C=O) groups is 1. The van der Waals surface area contributed by atoms with Gasteiger partial charge in [-0.05, 0) is 49.2 Å². The minimum Gasteiger partial charge on any atom is -0.476 e. The first-order valence-corrected chi connectivity index (χ1v) is 10.2. The van der Waals surface area contributed by atoms with Crippen molar-refractivity contribution in [3.8, 4) is 5.75 Å². The van der Waals surface area contributed by atoms with E-state index in [9.17, 15) is 13.2 Å². The first-order chi connectivity index (χ1) is 12.1. The Morgan fingerprint density at radius 2 is 1.96 bits per heavy atom. The number of rotatable bonds is 3. The summed E-state index contributed by atoms with van der Waals surface area (Å²) in [6, 6.07) is 10.4. The average Bonchev–Trinajstić information content (AvgIpc) is 2.56. The molecule has 0 fully saturated rings. The fraction of sp³-hybridized carbons (Fsp3) is 0.278. The number of nitrogens with zero attached hydrogens (tertiary/aromatic N) is 1. The number of aryl methyl sites for hydroxylation is 2. The molecule has 138 valence electrons. The average molecular weight is 395 g/mol. The van der Waals surface area contributed by atoms with Crippen molar-refractivity contribution in [3.05, 3.63) is 52.5 Å². The molecule has 0 aromatic heterocycles. The Bertz CT molecular complexity index is 975. The van der Waals surface area contributed by atoms with Gasteiger partial charge < -0.3 is 10.1 Å². The van der Waals surface area contributed by atoms with E-state index in [2.05, 4.69) is 5.32 Å². The number of hydrogen-bond donors (Lipinski definition) is 1.